The summed E-state index contributed by atoms with van der Waals surface area (Å²) >= 11 is 1.28. The number of nitrogens with one attached hydrogen (secondary N) is 1. The Morgan fingerprint density at radius 1 is 1.17 bits per heavy atom. The molecule has 0 saturated heterocycles. The number of anilines is 1. The van der Waals surface area contributed by atoms with Gasteiger partial charge in [0, 0.05) is 17.0 Å². The van der Waals surface area contributed by atoms with Gasteiger partial charge in [0.1, 0.15) is 5.75 Å². The van der Waals surface area contributed by atoms with Crippen molar-refractivity contribution < 1.29 is 18.3 Å². The predicted molar refractivity (Wildman–Crippen MR) is 110 cm³/mol. The van der Waals surface area contributed by atoms with Crippen LogP contribution in [0.5, 0.6) is 5.75 Å². The van der Waals surface area contributed by atoms with Crippen LogP contribution >= 0.6 is 23.7 Å². The highest BCUT2D eigenvalue weighted by molar-refractivity contribution is 7.14. The molecule has 0 spiro atoms. The number of hydrogen-bond donors (Lipinski definition) is 1. The number of carbonyl (C=O) groups is 1. The lowest BCUT2D eigenvalue weighted by atomic mass is 10.1. The van der Waals surface area contributed by atoms with Crippen LogP contribution in [0.25, 0.3) is 17.3 Å². The first-order valence-corrected chi connectivity index (χ1v) is 8.91. The first-order chi connectivity index (χ1) is 13.5. The maximum absolute atomic E-state index is 12.1. The van der Waals surface area contributed by atoms with Crippen LogP contribution in [-0.2, 0) is 4.79 Å². The Hall–Kier alpha value is -3.28. The van der Waals surface area contributed by atoms with E-state index in [1.807, 2.05) is 5.38 Å². The third-order valence-corrected chi connectivity index (χ3v) is 4.33. The van der Waals surface area contributed by atoms with Gasteiger partial charge in [-0.2, -0.15) is 14.0 Å². The maximum atomic E-state index is 12.1. The topological polar surface area (TPSA) is 75.0 Å². The lowest BCUT2D eigenvalue weighted by Gasteiger charge is -2.03. The Labute approximate surface area is 175 Å². The normalized spacial score (nSPS) is 10.4. The number of nitrogens with zero attached hydrogens (tertiary/aromatic N) is 2. The summed E-state index contributed by atoms with van der Waals surface area (Å²) in [7, 11) is 0. The lowest BCUT2D eigenvalue weighted by Crippen LogP contribution is -2.07. The van der Waals surface area contributed by atoms with Gasteiger partial charge >= 0.3 is 6.61 Å². The third kappa shape index (κ3) is 6.38. The van der Waals surface area contributed by atoms with Crippen molar-refractivity contribution in [2.45, 2.75) is 6.61 Å². The van der Waals surface area contributed by atoms with Crippen LogP contribution in [-0.4, -0.2) is 17.5 Å². The molecule has 0 saturated carbocycles. The van der Waals surface area contributed by atoms with E-state index in [4.69, 9.17) is 5.26 Å². The van der Waals surface area contributed by atoms with Gasteiger partial charge < -0.3 is 4.74 Å². The number of carbonyl (C=O) groups excluding carboxylic acids is 1. The molecule has 5 nitrogen and oxygen atoms in total. The van der Waals surface area contributed by atoms with Gasteiger partial charge in [-0.25, -0.2) is 4.98 Å². The Balaban J connectivity index is 0.00000300. The van der Waals surface area contributed by atoms with Gasteiger partial charge in [0.2, 0.25) is 5.91 Å². The van der Waals surface area contributed by atoms with E-state index in [0.29, 0.717) is 22.0 Å². The van der Waals surface area contributed by atoms with Crippen LogP contribution < -0.4 is 10.1 Å². The standard InChI is InChI=1S/C20H13F2N3O2S.ClH/c21-19(22)27-16-8-3-13(4-9-16)5-10-18(26)25-20-24-17(12-28-20)15-6-1-14(11-23)2-7-15;/h1-10,12,19H,(H,24,25,26);1H. The van der Waals surface area contributed by atoms with E-state index in [2.05, 4.69) is 21.1 Å². The van der Waals surface area contributed by atoms with Crippen LogP contribution in [0.2, 0.25) is 0 Å². The number of benzene rings is 2. The summed E-state index contributed by atoms with van der Waals surface area (Å²) in [5.41, 5.74) is 2.77. The lowest BCUT2D eigenvalue weighted by molar-refractivity contribution is -0.111. The minimum atomic E-state index is -2.88. The summed E-state index contributed by atoms with van der Waals surface area (Å²) in [5.74, 6) is -0.316. The quantitative estimate of drug-likeness (QED) is 0.531. The fraction of sp³-hybridized carbons (Fsp3) is 0.0500. The van der Waals surface area contributed by atoms with E-state index >= 15 is 0 Å². The van der Waals surface area contributed by atoms with Gasteiger partial charge in [-0.3, -0.25) is 10.1 Å². The molecule has 0 bridgehead atoms. The van der Waals surface area contributed by atoms with Crippen molar-refractivity contribution in [3.8, 4) is 23.1 Å². The molecule has 1 aromatic heterocycles. The number of ether oxygens (including phenoxy) is 1. The molecule has 3 rings (SSSR count). The number of thiazole rings is 1. The van der Waals surface area contributed by atoms with Gasteiger partial charge in [0.05, 0.1) is 17.3 Å². The van der Waals surface area contributed by atoms with Crippen LogP contribution in [0.15, 0.2) is 60.0 Å². The van der Waals surface area contributed by atoms with Crippen molar-refractivity contribution >= 4 is 40.9 Å². The second kappa shape index (κ2) is 10.3. The molecule has 3 aromatic rings. The van der Waals surface area contributed by atoms with E-state index in [-0.39, 0.29) is 24.1 Å². The number of hydrogen-bond acceptors (Lipinski definition) is 5. The van der Waals surface area contributed by atoms with Crippen molar-refractivity contribution in [2.24, 2.45) is 0 Å². The molecule has 0 fully saturated rings. The van der Waals surface area contributed by atoms with E-state index in [1.54, 1.807) is 42.5 Å². The maximum Gasteiger partial charge on any atom is 0.387 e. The monoisotopic (exact) mass is 433 g/mol. The third-order valence-electron chi connectivity index (χ3n) is 3.58. The Kier molecular flexibility index (Phi) is 7.83. The molecule has 0 aliphatic carbocycles. The molecule has 1 amide bonds. The zero-order chi connectivity index (χ0) is 19.9. The Morgan fingerprint density at radius 2 is 1.86 bits per heavy atom. The van der Waals surface area contributed by atoms with Gasteiger partial charge in [0.25, 0.3) is 0 Å². The first kappa shape index (κ1) is 22.0. The minimum absolute atomic E-state index is 0. The molecule has 1 heterocycles. The summed E-state index contributed by atoms with van der Waals surface area (Å²) in [4.78, 5) is 16.4. The Bertz CT molecular complexity index is 1030. The molecule has 0 radical (unpaired) electrons. The number of aromatic nitrogens is 1. The minimum Gasteiger partial charge on any atom is -0.435 e. The van der Waals surface area contributed by atoms with Crippen molar-refractivity contribution in [2.75, 3.05) is 5.32 Å². The summed E-state index contributed by atoms with van der Waals surface area (Å²) in [5, 5.41) is 13.7. The molecule has 0 aliphatic rings. The molecule has 0 unspecified atom stereocenters. The van der Waals surface area contributed by atoms with E-state index in [1.165, 1.54) is 29.5 Å². The van der Waals surface area contributed by atoms with Gasteiger partial charge in [-0.05, 0) is 35.9 Å². The number of amides is 1. The van der Waals surface area contributed by atoms with Gasteiger partial charge in [0.15, 0.2) is 5.13 Å². The van der Waals surface area contributed by atoms with Crippen molar-refractivity contribution in [3.63, 3.8) is 0 Å². The first-order valence-electron chi connectivity index (χ1n) is 8.03. The van der Waals surface area contributed by atoms with Gasteiger partial charge in [-0.1, -0.05) is 24.3 Å². The summed E-state index contributed by atoms with van der Waals surface area (Å²) in [6.07, 6.45) is 2.88. The summed E-state index contributed by atoms with van der Waals surface area (Å²) in [6.45, 7) is -2.88. The van der Waals surface area contributed by atoms with Crippen LogP contribution in [0.1, 0.15) is 11.1 Å². The number of nitriles is 1. The molecule has 1 N–H and O–H groups in total. The molecule has 2 aromatic carbocycles. The molecule has 9 heteroatoms. The Morgan fingerprint density at radius 3 is 2.48 bits per heavy atom. The number of rotatable bonds is 6. The number of halogens is 3. The number of alkyl halides is 2. The SMILES string of the molecule is Cl.N#Cc1ccc(-c2csc(NC(=O)C=Cc3ccc(OC(F)F)cc3)n2)cc1. The van der Waals surface area contributed by atoms with Crippen LogP contribution in [0, 0.1) is 11.3 Å². The van der Waals surface area contributed by atoms with Crippen molar-refractivity contribution in [1.82, 2.24) is 4.98 Å². The van der Waals surface area contributed by atoms with Crippen molar-refractivity contribution in [3.05, 3.63) is 71.1 Å². The highest BCUT2D eigenvalue weighted by Crippen LogP contribution is 2.25. The predicted octanol–water partition coefficient (Wildman–Crippen LogP) is 5.36. The molecule has 0 aliphatic heterocycles. The van der Waals surface area contributed by atoms with E-state index < -0.39 is 6.61 Å². The van der Waals surface area contributed by atoms with E-state index in [0.717, 1.165) is 5.56 Å². The van der Waals surface area contributed by atoms with Crippen molar-refractivity contribution in [1.29, 1.82) is 5.26 Å². The van der Waals surface area contributed by atoms with Crippen LogP contribution in [0.3, 0.4) is 0 Å². The highest BCUT2D eigenvalue weighted by atomic mass is 35.5. The molecular formula is C20H14ClF2N3O2S. The zero-order valence-electron chi connectivity index (χ0n) is 14.7. The van der Waals surface area contributed by atoms with Gasteiger partial charge in [-0.15, -0.1) is 23.7 Å². The zero-order valence-corrected chi connectivity index (χ0v) is 16.3. The fourth-order valence-electron chi connectivity index (χ4n) is 2.26. The summed E-state index contributed by atoms with van der Waals surface area (Å²) in [6, 6.07) is 15.0. The second-order valence-corrected chi connectivity index (χ2v) is 6.36. The average Bonchev–Trinajstić information content (AvgIpc) is 3.15. The molecular weight excluding hydrogens is 420 g/mol. The highest BCUT2D eigenvalue weighted by Gasteiger charge is 2.07. The largest absolute Gasteiger partial charge is 0.435 e. The van der Waals surface area contributed by atoms with E-state index in [9.17, 15) is 13.6 Å². The van der Waals surface area contributed by atoms with Crippen LogP contribution in [0.4, 0.5) is 13.9 Å². The molecule has 0 atom stereocenters. The smallest absolute Gasteiger partial charge is 0.387 e. The molecule has 148 valence electrons. The fourth-order valence-corrected chi connectivity index (χ4v) is 2.98. The molecule has 29 heavy (non-hydrogen) atoms. The second-order valence-electron chi connectivity index (χ2n) is 5.50. The average molecular weight is 434 g/mol. The summed E-state index contributed by atoms with van der Waals surface area (Å²) < 4.78 is 28.5.